The summed E-state index contributed by atoms with van der Waals surface area (Å²) in [7, 11) is 0. The molecule has 0 aliphatic carbocycles. The van der Waals surface area contributed by atoms with Crippen LogP contribution in [0.1, 0.15) is 0 Å². The van der Waals surface area contributed by atoms with Crippen molar-refractivity contribution in [2.24, 2.45) is 0 Å². The summed E-state index contributed by atoms with van der Waals surface area (Å²) < 4.78 is 17.2. The fourth-order valence-electron chi connectivity index (χ4n) is 3.69. The Morgan fingerprint density at radius 1 is 1.07 bits per heavy atom. The average molecular weight is 419 g/mol. The normalized spacial score (nSPS) is 20.5. The summed E-state index contributed by atoms with van der Waals surface area (Å²) in [6.07, 6.45) is -0.678. The monoisotopic (exact) mass is 418 g/mol. The van der Waals surface area contributed by atoms with Gasteiger partial charge in [0.1, 0.15) is 6.61 Å². The first-order valence-electron chi connectivity index (χ1n) is 10.0. The fourth-order valence-corrected chi connectivity index (χ4v) is 3.88. The molecule has 0 saturated carbocycles. The number of fused-ring (bicyclic) bond motifs is 1. The van der Waals surface area contributed by atoms with Gasteiger partial charge in [0.25, 0.3) is 0 Å². The van der Waals surface area contributed by atoms with Crippen molar-refractivity contribution >= 4 is 17.3 Å². The number of β-amino-alcohol motifs (C(OH)–C–C–N with tert-alkyl or cyclic N) is 1. The Balaban J connectivity index is 1.14. The van der Waals surface area contributed by atoms with Crippen LogP contribution in [0.25, 0.3) is 0 Å². The second-order valence-corrected chi connectivity index (χ2v) is 7.89. The van der Waals surface area contributed by atoms with Gasteiger partial charge >= 0.3 is 0 Å². The minimum absolute atomic E-state index is 0.154. The number of rotatable bonds is 7. The molecule has 156 valence electrons. The Bertz CT molecular complexity index is 798. The summed E-state index contributed by atoms with van der Waals surface area (Å²) in [5.41, 5.74) is 1.15. The van der Waals surface area contributed by atoms with Crippen molar-refractivity contribution in [3.63, 3.8) is 0 Å². The molecule has 2 heterocycles. The maximum Gasteiger partial charge on any atom is 0.161 e. The zero-order valence-electron chi connectivity index (χ0n) is 16.4. The Kier molecular flexibility index (Phi) is 6.77. The van der Waals surface area contributed by atoms with Crippen LogP contribution in [0.5, 0.6) is 11.5 Å². The second-order valence-electron chi connectivity index (χ2n) is 7.46. The summed E-state index contributed by atoms with van der Waals surface area (Å²) >= 11 is 6.09. The molecule has 2 unspecified atom stereocenters. The minimum atomic E-state index is -0.524. The van der Waals surface area contributed by atoms with Crippen molar-refractivity contribution in [2.45, 2.75) is 12.2 Å². The largest absolute Gasteiger partial charge is 0.486 e. The highest BCUT2D eigenvalue weighted by molar-refractivity contribution is 6.30. The lowest BCUT2D eigenvalue weighted by Gasteiger charge is -2.37. The minimum Gasteiger partial charge on any atom is -0.486 e. The summed E-state index contributed by atoms with van der Waals surface area (Å²) in [6, 6.07) is 15.6. The molecule has 1 saturated heterocycles. The van der Waals surface area contributed by atoms with Crippen molar-refractivity contribution in [3.8, 4) is 11.5 Å². The van der Waals surface area contributed by atoms with Gasteiger partial charge in [0.05, 0.1) is 19.3 Å². The van der Waals surface area contributed by atoms with E-state index in [1.807, 2.05) is 42.5 Å². The van der Waals surface area contributed by atoms with E-state index in [1.54, 1.807) is 0 Å². The second kappa shape index (κ2) is 9.67. The van der Waals surface area contributed by atoms with Crippen molar-refractivity contribution in [1.29, 1.82) is 0 Å². The van der Waals surface area contributed by atoms with Crippen LogP contribution in [0.15, 0.2) is 48.5 Å². The number of aliphatic hydroxyl groups is 1. The zero-order chi connectivity index (χ0) is 20.1. The van der Waals surface area contributed by atoms with E-state index in [0.717, 1.165) is 48.4 Å². The summed E-state index contributed by atoms with van der Waals surface area (Å²) in [4.78, 5) is 4.59. The van der Waals surface area contributed by atoms with Gasteiger partial charge in [-0.25, -0.2) is 0 Å². The topological polar surface area (TPSA) is 54.4 Å². The van der Waals surface area contributed by atoms with Crippen LogP contribution in [0.2, 0.25) is 5.02 Å². The van der Waals surface area contributed by atoms with E-state index in [4.69, 9.17) is 25.8 Å². The van der Waals surface area contributed by atoms with Crippen LogP contribution in [0.4, 0.5) is 5.69 Å². The van der Waals surface area contributed by atoms with Crippen LogP contribution in [-0.2, 0) is 4.74 Å². The smallest absolute Gasteiger partial charge is 0.161 e. The van der Waals surface area contributed by atoms with Gasteiger partial charge in [0.2, 0.25) is 0 Å². The molecule has 0 bridgehead atoms. The van der Waals surface area contributed by atoms with Crippen LogP contribution < -0.4 is 14.4 Å². The van der Waals surface area contributed by atoms with E-state index in [9.17, 15) is 5.11 Å². The predicted molar refractivity (Wildman–Crippen MR) is 113 cm³/mol. The van der Waals surface area contributed by atoms with Gasteiger partial charge in [-0.1, -0.05) is 29.8 Å². The lowest BCUT2D eigenvalue weighted by molar-refractivity contribution is -0.0292. The molecule has 0 radical (unpaired) electrons. The van der Waals surface area contributed by atoms with Crippen LogP contribution in [0, 0.1) is 0 Å². The third-order valence-electron chi connectivity index (χ3n) is 5.20. The van der Waals surface area contributed by atoms with E-state index in [0.29, 0.717) is 19.8 Å². The Labute approximate surface area is 176 Å². The van der Waals surface area contributed by atoms with Crippen molar-refractivity contribution < 1.29 is 19.3 Å². The first-order valence-corrected chi connectivity index (χ1v) is 10.4. The molecule has 0 amide bonds. The molecule has 6 nitrogen and oxygen atoms in total. The Morgan fingerprint density at radius 3 is 2.66 bits per heavy atom. The molecule has 0 aromatic heterocycles. The highest BCUT2D eigenvalue weighted by atomic mass is 35.5. The lowest BCUT2D eigenvalue weighted by Crippen LogP contribution is -2.49. The van der Waals surface area contributed by atoms with E-state index >= 15 is 0 Å². The molecular weight excluding hydrogens is 392 g/mol. The molecule has 4 rings (SSSR count). The van der Waals surface area contributed by atoms with E-state index in [1.165, 1.54) is 0 Å². The van der Waals surface area contributed by atoms with E-state index in [2.05, 4.69) is 15.9 Å². The molecule has 2 atom stereocenters. The fraction of sp³-hybridized carbons (Fsp3) is 0.455. The number of anilines is 1. The van der Waals surface area contributed by atoms with Crippen molar-refractivity contribution in [2.75, 3.05) is 57.4 Å². The van der Waals surface area contributed by atoms with Crippen LogP contribution >= 0.6 is 11.6 Å². The molecule has 29 heavy (non-hydrogen) atoms. The number of aliphatic hydroxyl groups excluding tert-OH is 1. The summed E-state index contributed by atoms with van der Waals surface area (Å²) in [5.74, 6) is 1.51. The van der Waals surface area contributed by atoms with Gasteiger partial charge in [0.15, 0.2) is 17.6 Å². The molecular formula is C22H27ClN2O4. The maximum atomic E-state index is 10.3. The van der Waals surface area contributed by atoms with Gasteiger partial charge in [-0.15, -0.1) is 0 Å². The van der Waals surface area contributed by atoms with Gasteiger partial charge in [0, 0.05) is 43.4 Å². The molecule has 1 N–H and O–H groups in total. The first kappa shape index (κ1) is 20.3. The molecule has 1 fully saturated rings. The Morgan fingerprint density at radius 2 is 1.86 bits per heavy atom. The number of hydrogen-bond acceptors (Lipinski definition) is 6. The standard InChI is InChI=1S/C22H27ClN2O4/c23-17-4-3-5-18(12-17)25-10-8-24(9-11-25)13-19(26)14-27-15-20-16-28-21-6-1-2-7-22(21)29-20/h1-7,12,19-20,26H,8-11,13-16H2. The van der Waals surface area contributed by atoms with E-state index < -0.39 is 6.10 Å². The summed E-state index contributed by atoms with van der Waals surface area (Å²) in [6.45, 7) is 5.39. The number of nitrogens with zero attached hydrogens (tertiary/aromatic N) is 2. The molecule has 2 aliphatic rings. The third-order valence-corrected chi connectivity index (χ3v) is 5.43. The molecule has 7 heteroatoms. The van der Waals surface area contributed by atoms with E-state index in [-0.39, 0.29) is 12.7 Å². The first-order chi connectivity index (χ1) is 14.2. The summed E-state index contributed by atoms with van der Waals surface area (Å²) in [5, 5.41) is 11.1. The van der Waals surface area contributed by atoms with Crippen LogP contribution in [0.3, 0.4) is 0 Å². The number of para-hydroxylation sites is 2. The molecule has 2 aromatic carbocycles. The SMILES string of the molecule is OC(COCC1COc2ccccc2O1)CN1CCN(c2cccc(Cl)c2)CC1. The van der Waals surface area contributed by atoms with Gasteiger partial charge in [-0.3, -0.25) is 4.90 Å². The van der Waals surface area contributed by atoms with Gasteiger partial charge < -0.3 is 24.2 Å². The third kappa shape index (κ3) is 5.54. The predicted octanol–water partition coefficient (Wildman–Crippen LogP) is 2.68. The molecule has 0 spiro atoms. The van der Waals surface area contributed by atoms with Gasteiger partial charge in [-0.05, 0) is 30.3 Å². The van der Waals surface area contributed by atoms with Gasteiger partial charge in [-0.2, -0.15) is 0 Å². The van der Waals surface area contributed by atoms with Crippen LogP contribution in [-0.4, -0.2) is 74.8 Å². The number of hydrogen-bond donors (Lipinski definition) is 1. The maximum absolute atomic E-state index is 10.3. The highest BCUT2D eigenvalue weighted by Crippen LogP contribution is 2.30. The van der Waals surface area contributed by atoms with Crippen molar-refractivity contribution in [3.05, 3.63) is 53.6 Å². The number of ether oxygens (including phenoxy) is 3. The number of halogens is 1. The Hall–Kier alpha value is -1.99. The number of piperazine rings is 1. The lowest BCUT2D eigenvalue weighted by atomic mass is 10.2. The molecule has 2 aromatic rings. The zero-order valence-corrected chi connectivity index (χ0v) is 17.1. The quantitative estimate of drug-likeness (QED) is 0.746. The van der Waals surface area contributed by atoms with Crippen molar-refractivity contribution in [1.82, 2.24) is 4.90 Å². The average Bonchev–Trinajstić information content (AvgIpc) is 2.74. The highest BCUT2D eigenvalue weighted by Gasteiger charge is 2.22. The number of benzene rings is 2. The molecule has 2 aliphatic heterocycles.